The molecule has 0 aliphatic carbocycles. The summed E-state index contributed by atoms with van der Waals surface area (Å²) in [7, 11) is 0. The lowest BCUT2D eigenvalue weighted by atomic mass is 10.3. The van der Waals surface area contributed by atoms with Crippen molar-refractivity contribution in [2.45, 2.75) is 6.54 Å². The summed E-state index contributed by atoms with van der Waals surface area (Å²) in [5, 5.41) is 2.26. The van der Waals surface area contributed by atoms with Gasteiger partial charge in [-0.1, -0.05) is 29.5 Å². The van der Waals surface area contributed by atoms with Gasteiger partial charge in [-0.15, -0.1) is 11.3 Å². The van der Waals surface area contributed by atoms with Crippen LogP contribution in [0, 0.1) is 0 Å². The predicted molar refractivity (Wildman–Crippen MR) is 81.0 cm³/mol. The Morgan fingerprint density at radius 1 is 1.10 bits per heavy atom. The Morgan fingerprint density at radius 2 is 1.90 bits per heavy atom. The summed E-state index contributed by atoms with van der Waals surface area (Å²) in [5.41, 5.74) is -0.408. The van der Waals surface area contributed by atoms with Crippen molar-refractivity contribution in [1.82, 2.24) is 4.57 Å². The zero-order chi connectivity index (χ0) is 14.1. The molecule has 0 atom stereocenters. The first-order valence-corrected chi connectivity index (χ1v) is 7.56. The molecule has 1 aromatic carbocycles. The Labute approximate surface area is 121 Å². The second-order valence-electron chi connectivity index (χ2n) is 4.16. The van der Waals surface area contributed by atoms with E-state index >= 15 is 0 Å². The van der Waals surface area contributed by atoms with Crippen LogP contribution >= 0.6 is 22.7 Å². The molecule has 0 unspecified atom stereocenters. The van der Waals surface area contributed by atoms with Gasteiger partial charge in [-0.3, -0.25) is 19.0 Å². The molecule has 3 rings (SSSR count). The van der Waals surface area contributed by atoms with Gasteiger partial charge in [-0.2, -0.15) is 0 Å². The van der Waals surface area contributed by atoms with Crippen LogP contribution in [0.25, 0.3) is 10.1 Å². The summed E-state index contributed by atoms with van der Waals surface area (Å²) >= 11 is 2.28. The predicted octanol–water partition coefficient (Wildman–Crippen LogP) is 2.37. The van der Waals surface area contributed by atoms with Crippen LogP contribution in [0.1, 0.15) is 9.67 Å². The summed E-state index contributed by atoms with van der Waals surface area (Å²) in [6, 6.07) is 10.4. The van der Waals surface area contributed by atoms with Crippen LogP contribution in [0.15, 0.2) is 51.4 Å². The smallest absolute Gasteiger partial charge is 0.291 e. The minimum absolute atomic E-state index is 0.209. The zero-order valence-corrected chi connectivity index (χ0v) is 11.9. The van der Waals surface area contributed by atoms with E-state index in [2.05, 4.69) is 0 Å². The maximum absolute atomic E-state index is 12.3. The fourth-order valence-corrected chi connectivity index (χ4v) is 3.42. The number of carbonyl (C=O) groups excluding carboxylic acids is 1. The summed E-state index contributed by atoms with van der Waals surface area (Å²) in [6.45, 7) is -0.209. The number of carbonyl (C=O) groups is 1. The van der Waals surface area contributed by atoms with Crippen molar-refractivity contribution < 1.29 is 4.79 Å². The Kier molecular flexibility index (Phi) is 3.33. The normalized spacial score (nSPS) is 10.8. The van der Waals surface area contributed by atoms with Gasteiger partial charge in [0.1, 0.15) is 0 Å². The number of hydrogen-bond donors (Lipinski definition) is 0. The van der Waals surface area contributed by atoms with Gasteiger partial charge in [0.15, 0.2) is 5.78 Å². The molecule has 0 amide bonds. The highest BCUT2D eigenvalue weighted by molar-refractivity contribution is 7.16. The molecule has 0 aliphatic heterocycles. The van der Waals surface area contributed by atoms with E-state index in [4.69, 9.17) is 0 Å². The van der Waals surface area contributed by atoms with Crippen LogP contribution in [-0.2, 0) is 6.54 Å². The highest BCUT2D eigenvalue weighted by Gasteiger charge is 2.13. The van der Waals surface area contributed by atoms with E-state index in [1.54, 1.807) is 41.8 Å². The van der Waals surface area contributed by atoms with Crippen molar-refractivity contribution in [1.29, 1.82) is 0 Å². The summed E-state index contributed by atoms with van der Waals surface area (Å²) in [5.74, 6) is -0.221. The van der Waals surface area contributed by atoms with Gasteiger partial charge in [-0.05, 0) is 23.6 Å². The molecule has 3 aromatic rings. The molecule has 6 heteroatoms. The fourth-order valence-electron chi connectivity index (χ4n) is 1.90. The van der Waals surface area contributed by atoms with Gasteiger partial charge in [0.25, 0.3) is 5.56 Å². The molecule has 0 N–H and O–H groups in total. The first kappa shape index (κ1) is 13.0. The number of Topliss-reactive ketones (excluding diaryl/α,β-unsaturated/α-hetero) is 1. The largest absolute Gasteiger partial charge is 0.310 e. The van der Waals surface area contributed by atoms with E-state index in [-0.39, 0.29) is 12.3 Å². The molecule has 0 saturated heterocycles. The molecule has 100 valence electrons. The monoisotopic (exact) mass is 303 g/mol. The molecule has 0 radical (unpaired) electrons. The van der Waals surface area contributed by atoms with Gasteiger partial charge in [-0.25, -0.2) is 0 Å². The molecular formula is C14H9NO3S2. The first-order chi connectivity index (χ1) is 9.66. The van der Waals surface area contributed by atoms with Crippen LogP contribution in [0.2, 0.25) is 0 Å². The second-order valence-corrected chi connectivity index (χ2v) is 6.10. The van der Waals surface area contributed by atoms with Crippen LogP contribution in [0.3, 0.4) is 0 Å². The molecular weight excluding hydrogens is 294 g/mol. The Hall–Kier alpha value is -2.05. The molecule has 0 spiro atoms. The van der Waals surface area contributed by atoms with Gasteiger partial charge < -0.3 is 0 Å². The van der Waals surface area contributed by atoms with E-state index in [0.717, 1.165) is 15.9 Å². The van der Waals surface area contributed by atoms with Gasteiger partial charge in [0.2, 0.25) is 0 Å². The number of benzene rings is 1. The molecule has 2 aromatic heterocycles. The SMILES string of the molecule is O=C(Cn1c(=O)sc2ccccc2c1=O)c1cccs1. The number of rotatable bonds is 3. The van der Waals surface area contributed by atoms with Gasteiger partial charge in [0, 0.05) is 4.70 Å². The molecule has 0 fully saturated rings. The Morgan fingerprint density at radius 3 is 2.65 bits per heavy atom. The minimum Gasteiger partial charge on any atom is -0.291 e. The average Bonchev–Trinajstić information content (AvgIpc) is 2.97. The molecule has 0 aliphatic rings. The van der Waals surface area contributed by atoms with Crippen LogP contribution in [-0.4, -0.2) is 10.4 Å². The fraction of sp³-hybridized carbons (Fsp3) is 0.0714. The van der Waals surface area contributed by atoms with Gasteiger partial charge >= 0.3 is 4.87 Å². The number of thiophene rings is 1. The summed E-state index contributed by atoms with van der Waals surface area (Å²) in [4.78, 5) is 36.4. The third-order valence-corrected chi connectivity index (χ3v) is 4.76. The van der Waals surface area contributed by atoms with Crippen LogP contribution in [0.5, 0.6) is 0 Å². The number of ketones is 1. The maximum atomic E-state index is 12.3. The first-order valence-electron chi connectivity index (χ1n) is 5.86. The van der Waals surface area contributed by atoms with Crippen LogP contribution in [0.4, 0.5) is 0 Å². The molecule has 2 heterocycles. The van der Waals surface area contributed by atoms with Crippen molar-refractivity contribution in [2.75, 3.05) is 0 Å². The lowest BCUT2D eigenvalue weighted by Crippen LogP contribution is -2.33. The Balaban J connectivity index is 2.10. The minimum atomic E-state index is -0.408. The van der Waals surface area contributed by atoms with E-state index in [1.165, 1.54) is 11.3 Å². The molecule has 4 nitrogen and oxygen atoms in total. The zero-order valence-electron chi connectivity index (χ0n) is 10.2. The number of aromatic nitrogens is 1. The highest BCUT2D eigenvalue weighted by Crippen LogP contribution is 2.12. The number of hydrogen-bond acceptors (Lipinski definition) is 5. The van der Waals surface area contributed by atoms with E-state index < -0.39 is 10.4 Å². The Bertz CT molecular complexity index is 891. The molecule has 0 saturated carbocycles. The molecule has 0 bridgehead atoms. The summed E-state index contributed by atoms with van der Waals surface area (Å²) < 4.78 is 1.65. The second kappa shape index (κ2) is 5.15. The van der Waals surface area contributed by atoms with E-state index in [9.17, 15) is 14.4 Å². The van der Waals surface area contributed by atoms with Crippen molar-refractivity contribution in [3.05, 3.63) is 66.7 Å². The topological polar surface area (TPSA) is 56.1 Å². The molecule has 20 heavy (non-hydrogen) atoms. The number of nitrogens with zero attached hydrogens (tertiary/aromatic N) is 1. The van der Waals surface area contributed by atoms with Crippen molar-refractivity contribution in [2.24, 2.45) is 0 Å². The average molecular weight is 303 g/mol. The quantitative estimate of drug-likeness (QED) is 0.698. The standard InChI is InChI=1S/C14H9NO3S2/c16-10(12-6-3-7-19-12)8-15-13(17)9-4-1-2-5-11(9)20-14(15)18/h1-7H,8H2. The van der Waals surface area contributed by atoms with E-state index in [1.807, 2.05) is 0 Å². The third kappa shape index (κ3) is 2.23. The van der Waals surface area contributed by atoms with Crippen molar-refractivity contribution in [3.8, 4) is 0 Å². The van der Waals surface area contributed by atoms with Crippen molar-refractivity contribution >= 4 is 38.5 Å². The van der Waals surface area contributed by atoms with Crippen LogP contribution < -0.4 is 10.4 Å². The highest BCUT2D eigenvalue weighted by atomic mass is 32.1. The maximum Gasteiger partial charge on any atom is 0.310 e. The summed E-state index contributed by atoms with van der Waals surface area (Å²) in [6.07, 6.45) is 0. The third-order valence-electron chi connectivity index (χ3n) is 2.88. The number of fused-ring (bicyclic) bond motifs is 1. The lowest BCUT2D eigenvalue weighted by Gasteiger charge is -2.03. The van der Waals surface area contributed by atoms with Crippen molar-refractivity contribution in [3.63, 3.8) is 0 Å². The van der Waals surface area contributed by atoms with Gasteiger partial charge in [0.05, 0.1) is 16.8 Å². The van der Waals surface area contributed by atoms with E-state index in [0.29, 0.717) is 15.0 Å². The lowest BCUT2D eigenvalue weighted by molar-refractivity contribution is 0.0974.